The van der Waals surface area contributed by atoms with E-state index in [9.17, 15) is 18.0 Å². The normalized spacial score (nSPS) is 17.8. The predicted octanol–water partition coefficient (Wildman–Crippen LogP) is 2.49. The molecule has 6 heteroatoms. The van der Waals surface area contributed by atoms with Crippen molar-refractivity contribution >= 4 is 17.7 Å². The van der Waals surface area contributed by atoms with Crippen LogP contribution in [-0.2, 0) is 4.79 Å². The van der Waals surface area contributed by atoms with Crippen LogP contribution in [0.4, 0.5) is 18.9 Å². The van der Waals surface area contributed by atoms with E-state index in [-0.39, 0.29) is 5.69 Å². The van der Waals surface area contributed by atoms with Gasteiger partial charge in [0.25, 0.3) is 0 Å². The molecule has 0 aliphatic carbocycles. The molecule has 0 saturated carbocycles. The van der Waals surface area contributed by atoms with Gasteiger partial charge in [0, 0.05) is 11.3 Å². The van der Waals surface area contributed by atoms with Crippen LogP contribution in [0.2, 0.25) is 0 Å². The molecule has 1 aromatic rings. The van der Waals surface area contributed by atoms with Gasteiger partial charge in [-0.15, -0.1) is 6.42 Å². The summed E-state index contributed by atoms with van der Waals surface area (Å²) in [4.78, 5) is 10.9. The summed E-state index contributed by atoms with van der Waals surface area (Å²) in [7, 11) is 0. The van der Waals surface area contributed by atoms with Crippen LogP contribution in [0.15, 0.2) is 23.8 Å². The molecular formula is C13H8F3NO2. The van der Waals surface area contributed by atoms with E-state index in [1.807, 2.05) is 0 Å². The predicted molar refractivity (Wildman–Crippen MR) is 63.5 cm³/mol. The van der Waals surface area contributed by atoms with Gasteiger partial charge in [0.05, 0.1) is 5.57 Å². The highest BCUT2D eigenvalue weighted by Crippen LogP contribution is 2.35. The first-order chi connectivity index (χ1) is 8.82. The number of fused-ring (bicyclic) bond motifs is 1. The SMILES string of the molecule is C#Cc1ccc2c(c1)C=C(C(=O)O)[C@@H](C(F)(F)F)N2. The number of carboxylic acid groups (broad SMARTS) is 1. The maximum Gasteiger partial charge on any atom is 0.413 e. The maximum atomic E-state index is 12.8. The molecule has 2 rings (SSSR count). The molecule has 0 spiro atoms. The molecule has 1 aliphatic heterocycles. The van der Waals surface area contributed by atoms with Gasteiger partial charge in [0.15, 0.2) is 6.04 Å². The zero-order valence-electron chi connectivity index (χ0n) is 9.45. The number of aliphatic carboxylic acids is 1. The lowest BCUT2D eigenvalue weighted by Gasteiger charge is -2.28. The van der Waals surface area contributed by atoms with Gasteiger partial charge < -0.3 is 10.4 Å². The minimum Gasteiger partial charge on any atom is -0.478 e. The fourth-order valence-electron chi connectivity index (χ4n) is 1.83. The molecule has 0 unspecified atom stereocenters. The molecule has 1 aliphatic rings. The number of hydrogen-bond donors (Lipinski definition) is 2. The fraction of sp³-hybridized carbons (Fsp3) is 0.154. The van der Waals surface area contributed by atoms with Crippen molar-refractivity contribution in [3.8, 4) is 12.3 Å². The highest BCUT2D eigenvalue weighted by atomic mass is 19.4. The molecule has 3 nitrogen and oxygen atoms in total. The number of carboxylic acids is 1. The molecule has 19 heavy (non-hydrogen) atoms. The van der Waals surface area contributed by atoms with Crippen LogP contribution in [0.1, 0.15) is 11.1 Å². The molecule has 0 aromatic heterocycles. The summed E-state index contributed by atoms with van der Waals surface area (Å²) in [6.45, 7) is 0. The number of nitrogens with one attached hydrogen (secondary N) is 1. The Bertz CT molecular complexity index is 611. The number of benzene rings is 1. The van der Waals surface area contributed by atoms with Crippen LogP contribution in [0.3, 0.4) is 0 Å². The van der Waals surface area contributed by atoms with Gasteiger partial charge >= 0.3 is 12.1 Å². The third-order valence-corrected chi connectivity index (χ3v) is 2.71. The maximum absolute atomic E-state index is 12.8. The Balaban J connectivity index is 2.55. The lowest BCUT2D eigenvalue weighted by Crippen LogP contribution is -2.41. The number of hydrogen-bond acceptors (Lipinski definition) is 2. The second-order valence-corrected chi connectivity index (χ2v) is 3.97. The van der Waals surface area contributed by atoms with Crippen molar-refractivity contribution < 1.29 is 23.1 Å². The average molecular weight is 267 g/mol. The quantitative estimate of drug-likeness (QED) is 0.768. The zero-order valence-corrected chi connectivity index (χ0v) is 9.45. The number of anilines is 1. The Morgan fingerprint density at radius 2 is 2.11 bits per heavy atom. The van der Waals surface area contributed by atoms with Crippen molar-refractivity contribution in [2.45, 2.75) is 12.2 Å². The van der Waals surface area contributed by atoms with Crippen molar-refractivity contribution in [3.63, 3.8) is 0 Å². The monoisotopic (exact) mass is 267 g/mol. The molecule has 0 amide bonds. The molecule has 1 heterocycles. The molecule has 0 radical (unpaired) electrons. The Kier molecular flexibility index (Phi) is 2.98. The van der Waals surface area contributed by atoms with Gasteiger partial charge in [-0.3, -0.25) is 0 Å². The summed E-state index contributed by atoms with van der Waals surface area (Å²) in [6, 6.07) is 2.11. The topological polar surface area (TPSA) is 49.3 Å². The number of terminal acetylenes is 1. The van der Waals surface area contributed by atoms with E-state index in [4.69, 9.17) is 11.5 Å². The minimum atomic E-state index is -4.69. The van der Waals surface area contributed by atoms with Crippen LogP contribution < -0.4 is 5.32 Å². The van der Waals surface area contributed by atoms with E-state index in [1.54, 1.807) is 0 Å². The summed E-state index contributed by atoms with van der Waals surface area (Å²) in [6.07, 6.45) is 1.49. The van der Waals surface area contributed by atoms with Gasteiger partial charge in [-0.25, -0.2) is 4.79 Å². The van der Waals surface area contributed by atoms with Gasteiger partial charge in [-0.1, -0.05) is 5.92 Å². The Labute approximate surface area is 106 Å². The molecule has 0 bridgehead atoms. The van der Waals surface area contributed by atoms with Crippen molar-refractivity contribution in [2.24, 2.45) is 0 Å². The largest absolute Gasteiger partial charge is 0.478 e. The second kappa shape index (κ2) is 4.35. The van der Waals surface area contributed by atoms with E-state index < -0.39 is 23.8 Å². The molecule has 98 valence electrons. The fourth-order valence-corrected chi connectivity index (χ4v) is 1.83. The molecular weight excluding hydrogens is 259 g/mol. The second-order valence-electron chi connectivity index (χ2n) is 3.97. The lowest BCUT2D eigenvalue weighted by molar-refractivity contribution is -0.146. The molecule has 2 N–H and O–H groups in total. The number of halogens is 3. The van der Waals surface area contributed by atoms with Crippen LogP contribution in [0.5, 0.6) is 0 Å². The number of carbonyl (C=O) groups is 1. The van der Waals surface area contributed by atoms with Crippen molar-refractivity contribution in [3.05, 3.63) is 34.9 Å². The van der Waals surface area contributed by atoms with Gasteiger partial charge in [-0.2, -0.15) is 13.2 Å². The van der Waals surface area contributed by atoms with Gasteiger partial charge in [0.2, 0.25) is 0 Å². The molecule has 1 aromatic carbocycles. The van der Waals surface area contributed by atoms with E-state index in [0.717, 1.165) is 6.08 Å². The van der Waals surface area contributed by atoms with Crippen LogP contribution in [-0.4, -0.2) is 23.3 Å². The smallest absolute Gasteiger partial charge is 0.413 e. The summed E-state index contributed by atoms with van der Waals surface area (Å²) in [5.41, 5.74) is 0.237. The number of alkyl halides is 3. The summed E-state index contributed by atoms with van der Waals surface area (Å²) < 4.78 is 38.4. The van der Waals surface area contributed by atoms with E-state index in [0.29, 0.717) is 11.1 Å². The Hall–Kier alpha value is -2.42. The van der Waals surface area contributed by atoms with Crippen LogP contribution >= 0.6 is 0 Å². The first kappa shape index (κ1) is 13.0. The Morgan fingerprint density at radius 3 is 2.63 bits per heavy atom. The van der Waals surface area contributed by atoms with Crippen molar-refractivity contribution in [2.75, 3.05) is 5.32 Å². The average Bonchev–Trinajstić information content (AvgIpc) is 2.35. The van der Waals surface area contributed by atoms with Crippen molar-refractivity contribution in [1.29, 1.82) is 0 Å². The first-order valence-electron chi connectivity index (χ1n) is 5.21. The Morgan fingerprint density at radius 1 is 1.42 bits per heavy atom. The van der Waals surface area contributed by atoms with Crippen LogP contribution in [0.25, 0.3) is 6.08 Å². The summed E-state index contributed by atoms with van der Waals surface area (Å²) >= 11 is 0. The third-order valence-electron chi connectivity index (χ3n) is 2.71. The van der Waals surface area contributed by atoms with E-state index >= 15 is 0 Å². The van der Waals surface area contributed by atoms with E-state index in [1.165, 1.54) is 18.2 Å². The highest BCUT2D eigenvalue weighted by Gasteiger charge is 2.46. The zero-order chi connectivity index (χ0) is 14.2. The van der Waals surface area contributed by atoms with E-state index in [2.05, 4.69) is 11.2 Å². The highest BCUT2D eigenvalue weighted by molar-refractivity contribution is 5.97. The summed E-state index contributed by atoms with van der Waals surface area (Å²) in [5, 5.41) is 11.1. The van der Waals surface area contributed by atoms with Crippen LogP contribution in [0, 0.1) is 12.3 Å². The van der Waals surface area contributed by atoms with Gasteiger partial charge in [0.1, 0.15) is 0 Å². The third kappa shape index (κ3) is 2.40. The van der Waals surface area contributed by atoms with Crippen molar-refractivity contribution in [1.82, 2.24) is 0 Å². The molecule has 1 atom stereocenters. The summed E-state index contributed by atoms with van der Waals surface area (Å²) in [5.74, 6) is 0.717. The lowest BCUT2D eigenvalue weighted by atomic mass is 9.96. The minimum absolute atomic E-state index is 0.200. The molecule has 0 fully saturated rings. The first-order valence-corrected chi connectivity index (χ1v) is 5.21. The number of rotatable bonds is 1. The standard InChI is InChI=1S/C13H8F3NO2/c1-2-7-3-4-10-8(5-7)6-9(12(18)19)11(17-10)13(14,15)16/h1,3-6,11,17H,(H,18,19)/t11-/m0/s1. The van der Waals surface area contributed by atoms with Gasteiger partial charge in [-0.05, 0) is 29.8 Å². The molecule has 0 saturated heterocycles.